The summed E-state index contributed by atoms with van der Waals surface area (Å²) in [4.78, 5) is 19.1. The van der Waals surface area contributed by atoms with Crippen LogP contribution < -0.4 is 9.47 Å². The summed E-state index contributed by atoms with van der Waals surface area (Å²) in [6.45, 7) is 3.56. The third-order valence-corrected chi connectivity index (χ3v) is 7.55. The van der Waals surface area contributed by atoms with E-state index in [0.29, 0.717) is 23.7 Å². The Hall–Kier alpha value is -4.83. The third kappa shape index (κ3) is 4.98. The molecule has 7 rings (SSSR count). The molecule has 2 N–H and O–H groups in total. The second-order valence-electron chi connectivity index (χ2n) is 10.2. The number of pyridine rings is 3. The number of halogens is 1. The highest BCUT2D eigenvalue weighted by Crippen LogP contribution is 2.35. The fourth-order valence-electron chi connectivity index (χ4n) is 5.46. The van der Waals surface area contributed by atoms with Crippen molar-refractivity contribution in [2.45, 2.75) is 12.8 Å². The average Bonchev–Trinajstić information content (AvgIpc) is 3.76. The van der Waals surface area contributed by atoms with Gasteiger partial charge in [-0.3, -0.25) is 25.0 Å². The predicted octanol–water partition coefficient (Wildman–Crippen LogP) is 5.85. The molecule has 6 heterocycles. The van der Waals surface area contributed by atoms with Crippen molar-refractivity contribution in [1.82, 2.24) is 35.0 Å². The maximum Gasteiger partial charge on any atom is 0.137 e. The summed E-state index contributed by atoms with van der Waals surface area (Å²) in [6.07, 6.45) is 11.1. The highest BCUT2D eigenvalue weighted by molar-refractivity contribution is 6.01. The highest BCUT2D eigenvalue weighted by Gasteiger charge is 2.17. The lowest BCUT2D eigenvalue weighted by Crippen LogP contribution is -2.25. The van der Waals surface area contributed by atoms with Gasteiger partial charge in [0.2, 0.25) is 0 Å². The maximum absolute atomic E-state index is 14.7. The summed E-state index contributed by atoms with van der Waals surface area (Å²) in [7, 11) is 1.61. The fraction of sp³-hybridized carbons (Fsp3) is 0.226. The first-order valence-electron chi connectivity index (χ1n) is 13.6. The van der Waals surface area contributed by atoms with Crippen molar-refractivity contribution < 1.29 is 13.9 Å². The SMILES string of the molecule is COc1cncc(-c2cc3c(-c4cc5c(-c6cc(F)cc(OCCN7CCCC7)c6)cncc5[nH]4)n[nH]c3cn2)c1. The van der Waals surface area contributed by atoms with E-state index in [-0.39, 0.29) is 5.82 Å². The number of nitrogens with zero attached hydrogens (tertiary/aromatic N) is 5. The molecule has 0 unspecified atom stereocenters. The standard InChI is InChI=1S/C31H28FN7O2/c1-40-23-10-20(14-33-15-23)27-13-25-30(18-35-27)37-38-31(25)28-12-24-26(16-34-17-29(24)36-28)19-8-21(32)11-22(9-19)41-7-6-39-4-2-3-5-39/h8-18,36H,2-7H2,1H3,(H,37,38). The van der Waals surface area contributed by atoms with Crippen LogP contribution >= 0.6 is 0 Å². The van der Waals surface area contributed by atoms with Gasteiger partial charge in [0.15, 0.2) is 0 Å². The largest absolute Gasteiger partial charge is 0.495 e. The van der Waals surface area contributed by atoms with E-state index >= 15 is 0 Å². The van der Waals surface area contributed by atoms with Gasteiger partial charge in [0, 0.05) is 46.9 Å². The monoisotopic (exact) mass is 549 g/mol. The number of rotatable bonds is 8. The Kier molecular flexibility index (Phi) is 6.52. The first-order chi connectivity index (χ1) is 20.1. The van der Waals surface area contributed by atoms with E-state index in [4.69, 9.17) is 9.47 Å². The molecule has 41 heavy (non-hydrogen) atoms. The molecule has 0 spiro atoms. The number of hydrogen-bond donors (Lipinski definition) is 2. The molecule has 0 atom stereocenters. The average molecular weight is 550 g/mol. The minimum atomic E-state index is -0.350. The summed E-state index contributed by atoms with van der Waals surface area (Å²) in [5.74, 6) is 0.819. The van der Waals surface area contributed by atoms with Crippen LogP contribution in [0.4, 0.5) is 4.39 Å². The highest BCUT2D eigenvalue weighted by atomic mass is 19.1. The minimum Gasteiger partial charge on any atom is -0.495 e. The number of aromatic nitrogens is 6. The molecule has 5 aromatic heterocycles. The maximum atomic E-state index is 14.7. The molecular formula is C31H28FN7O2. The van der Waals surface area contributed by atoms with E-state index in [9.17, 15) is 4.39 Å². The number of nitrogens with one attached hydrogen (secondary N) is 2. The molecule has 1 aliphatic rings. The van der Waals surface area contributed by atoms with Gasteiger partial charge in [-0.1, -0.05) is 0 Å². The number of benzene rings is 1. The zero-order chi connectivity index (χ0) is 27.8. The molecule has 9 nitrogen and oxygen atoms in total. The van der Waals surface area contributed by atoms with E-state index < -0.39 is 0 Å². The van der Waals surface area contributed by atoms with E-state index in [1.807, 2.05) is 24.3 Å². The summed E-state index contributed by atoms with van der Waals surface area (Å²) < 4.78 is 26.0. The number of hydrogen-bond acceptors (Lipinski definition) is 7. The lowest BCUT2D eigenvalue weighted by Gasteiger charge is -2.15. The number of H-pyrrole nitrogens is 2. The van der Waals surface area contributed by atoms with Gasteiger partial charge in [0.05, 0.1) is 48.1 Å². The van der Waals surface area contributed by atoms with Gasteiger partial charge in [-0.2, -0.15) is 5.10 Å². The molecule has 0 amide bonds. The Labute approximate surface area is 235 Å². The van der Waals surface area contributed by atoms with Crippen LogP contribution in [0.1, 0.15) is 12.8 Å². The number of methoxy groups -OCH3 is 1. The quantitative estimate of drug-likeness (QED) is 0.245. The van der Waals surface area contributed by atoms with Crippen LogP contribution in [-0.2, 0) is 0 Å². The van der Waals surface area contributed by atoms with Crippen molar-refractivity contribution in [2.75, 3.05) is 33.4 Å². The molecule has 1 aliphatic heterocycles. The van der Waals surface area contributed by atoms with E-state index in [0.717, 1.165) is 69.6 Å². The van der Waals surface area contributed by atoms with E-state index in [2.05, 4.69) is 35.0 Å². The second kappa shape index (κ2) is 10.6. The molecule has 206 valence electrons. The van der Waals surface area contributed by atoms with Crippen molar-refractivity contribution in [2.24, 2.45) is 0 Å². The van der Waals surface area contributed by atoms with Crippen molar-refractivity contribution >= 4 is 21.8 Å². The minimum absolute atomic E-state index is 0.350. The molecule has 0 aliphatic carbocycles. The number of fused-ring (bicyclic) bond motifs is 2. The van der Waals surface area contributed by atoms with Gasteiger partial charge in [-0.25, -0.2) is 4.39 Å². The van der Waals surface area contributed by atoms with Gasteiger partial charge in [0.25, 0.3) is 0 Å². The Morgan fingerprint density at radius 2 is 1.71 bits per heavy atom. The Morgan fingerprint density at radius 3 is 2.59 bits per heavy atom. The first-order valence-corrected chi connectivity index (χ1v) is 13.6. The summed E-state index contributed by atoms with van der Waals surface area (Å²) in [5.41, 5.74) is 6.27. The lowest BCUT2D eigenvalue weighted by atomic mass is 10.0. The topological polar surface area (TPSA) is 105 Å². The third-order valence-electron chi connectivity index (χ3n) is 7.55. The van der Waals surface area contributed by atoms with Crippen LogP contribution in [0.25, 0.3) is 55.6 Å². The fourth-order valence-corrected chi connectivity index (χ4v) is 5.46. The van der Waals surface area contributed by atoms with Crippen LogP contribution in [0.3, 0.4) is 0 Å². The van der Waals surface area contributed by atoms with Crippen LogP contribution in [0, 0.1) is 5.82 Å². The molecule has 1 saturated heterocycles. The van der Waals surface area contributed by atoms with Gasteiger partial charge >= 0.3 is 0 Å². The number of ether oxygens (including phenoxy) is 2. The van der Waals surface area contributed by atoms with Gasteiger partial charge in [-0.15, -0.1) is 0 Å². The van der Waals surface area contributed by atoms with Crippen molar-refractivity contribution in [3.63, 3.8) is 0 Å². The molecule has 6 aromatic rings. The predicted molar refractivity (Wildman–Crippen MR) is 155 cm³/mol. The number of aromatic amines is 2. The van der Waals surface area contributed by atoms with Crippen molar-refractivity contribution in [3.8, 4) is 45.3 Å². The molecule has 0 saturated carbocycles. The molecule has 0 radical (unpaired) electrons. The lowest BCUT2D eigenvalue weighted by molar-refractivity contribution is 0.237. The molecular weight excluding hydrogens is 521 g/mol. The van der Waals surface area contributed by atoms with E-state index in [1.165, 1.54) is 25.0 Å². The summed E-state index contributed by atoms with van der Waals surface area (Å²) in [6, 6.07) is 10.7. The Morgan fingerprint density at radius 1 is 0.854 bits per heavy atom. The summed E-state index contributed by atoms with van der Waals surface area (Å²) >= 11 is 0. The van der Waals surface area contributed by atoms with Crippen molar-refractivity contribution in [1.29, 1.82) is 0 Å². The summed E-state index contributed by atoms with van der Waals surface area (Å²) in [5, 5.41) is 9.47. The zero-order valence-corrected chi connectivity index (χ0v) is 22.5. The van der Waals surface area contributed by atoms with Gasteiger partial charge in [0.1, 0.15) is 29.6 Å². The molecule has 1 fully saturated rings. The first kappa shape index (κ1) is 25.2. The van der Waals surface area contributed by atoms with E-state index in [1.54, 1.807) is 38.1 Å². The Bertz CT molecular complexity index is 1860. The smallest absolute Gasteiger partial charge is 0.137 e. The van der Waals surface area contributed by atoms with Crippen LogP contribution in [-0.4, -0.2) is 68.4 Å². The second-order valence-corrected chi connectivity index (χ2v) is 10.2. The normalized spacial score (nSPS) is 13.8. The zero-order valence-electron chi connectivity index (χ0n) is 22.5. The number of likely N-dealkylation sites (tertiary alicyclic amines) is 1. The van der Waals surface area contributed by atoms with Crippen LogP contribution in [0.2, 0.25) is 0 Å². The molecule has 1 aromatic carbocycles. The van der Waals surface area contributed by atoms with Crippen LogP contribution in [0.5, 0.6) is 11.5 Å². The molecule has 0 bridgehead atoms. The molecule has 10 heteroatoms. The van der Waals surface area contributed by atoms with Gasteiger partial charge < -0.3 is 14.5 Å². The van der Waals surface area contributed by atoms with Gasteiger partial charge in [-0.05, 0) is 61.8 Å². The van der Waals surface area contributed by atoms with Crippen molar-refractivity contribution in [3.05, 3.63) is 73.2 Å². The van der Waals surface area contributed by atoms with Crippen LogP contribution in [0.15, 0.2) is 67.4 Å². The Balaban J connectivity index is 1.23.